The van der Waals surface area contributed by atoms with Crippen LogP contribution < -0.4 is 5.32 Å². The van der Waals surface area contributed by atoms with Gasteiger partial charge in [0.05, 0.1) is 6.04 Å². The molecule has 2 unspecified atom stereocenters. The largest absolute Gasteiger partial charge is 0.351 e. The summed E-state index contributed by atoms with van der Waals surface area (Å²) in [4.78, 5) is 17.2. The number of carbonyl (C=O) groups excluding carboxylic acids is 1. The zero-order valence-electron chi connectivity index (χ0n) is 13.9. The molecule has 4 atom stereocenters. The normalized spacial score (nSPS) is 34.1. The zero-order chi connectivity index (χ0) is 15.8. The number of rotatable bonds is 4. The third-order valence-electron chi connectivity index (χ3n) is 5.90. The van der Waals surface area contributed by atoms with Crippen LogP contribution in [0.1, 0.15) is 24.8 Å². The fourth-order valence-electron chi connectivity index (χ4n) is 4.47. The number of fused-ring (bicyclic) bond motifs is 1. The first-order valence-corrected chi connectivity index (χ1v) is 8.99. The van der Waals surface area contributed by atoms with Crippen LogP contribution in [0.4, 0.5) is 0 Å². The van der Waals surface area contributed by atoms with E-state index in [0.717, 1.165) is 32.6 Å². The van der Waals surface area contributed by atoms with Gasteiger partial charge in [0.15, 0.2) is 0 Å². The third-order valence-corrected chi connectivity index (χ3v) is 5.90. The summed E-state index contributed by atoms with van der Waals surface area (Å²) >= 11 is 0. The second-order valence-electron chi connectivity index (χ2n) is 7.53. The zero-order valence-corrected chi connectivity index (χ0v) is 13.9. The van der Waals surface area contributed by atoms with E-state index in [-0.39, 0.29) is 11.9 Å². The van der Waals surface area contributed by atoms with Gasteiger partial charge in [-0.1, -0.05) is 36.8 Å². The highest BCUT2D eigenvalue weighted by molar-refractivity contribution is 5.82. The van der Waals surface area contributed by atoms with Crippen molar-refractivity contribution in [3.8, 4) is 0 Å². The SMILES string of the molecule is CN1CCCCC1C(=O)NC1[C@H]2CN(Cc3ccccc3)C[C@@H]12. The Morgan fingerprint density at radius 1 is 1.17 bits per heavy atom. The van der Waals surface area contributed by atoms with Gasteiger partial charge in [-0.25, -0.2) is 0 Å². The Morgan fingerprint density at radius 2 is 1.91 bits per heavy atom. The minimum Gasteiger partial charge on any atom is -0.351 e. The van der Waals surface area contributed by atoms with Gasteiger partial charge in [-0.2, -0.15) is 0 Å². The Morgan fingerprint density at radius 3 is 2.61 bits per heavy atom. The molecule has 124 valence electrons. The highest BCUT2D eigenvalue weighted by Crippen LogP contribution is 2.46. The van der Waals surface area contributed by atoms with Crippen molar-refractivity contribution in [2.45, 2.75) is 37.9 Å². The molecule has 2 aliphatic heterocycles. The molecule has 1 aromatic rings. The van der Waals surface area contributed by atoms with E-state index in [1.807, 2.05) is 0 Å². The maximum Gasteiger partial charge on any atom is 0.237 e. The topological polar surface area (TPSA) is 35.6 Å². The van der Waals surface area contributed by atoms with Crippen LogP contribution in [0.3, 0.4) is 0 Å². The van der Waals surface area contributed by atoms with Crippen LogP contribution in [0, 0.1) is 11.8 Å². The van der Waals surface area contributed by atoms with Gasteiger partial charge in [-0.3, -0.25) is 14.6 Å². The molecule has 1 saturated carbocycles. The number of nitrogens with zero attached hydrogens (tertiary/aromatic N) is 2. The molecule has 1 N–H and O–H groups in total. The van der Waals surface area contributed by atoms with Crippen molar-refractivity contribution in [2.75, 3.05) is 26.7 Å². The monoisotopic (exact) mass is 313 g/mol. The predicted molar refractivity (Wildman–Crippen MR) is 90.9 cm³/mol. The summed E-state index contributed by atoms with van der Waals surface area (Å²) in [6.45, 7) is 4.36. The molecule has 4 rings (SSSR count). The highest BCUT2D eigenvalue weighted by atomic mass is 16.2. The number of piperidine rings is 2. The lowest BCUT2D eigenvalue weighted by Gasteiger charge is -2.31. The van der Waals surface area contributed by atoms with Gasteiger partial charge < -0.3 is 5.32 Å². The van der Waals surface area contributed by atoms with Gasteiger partial charge in [-0.05, 0) is 43.8 Å². The van der Waals surface area contributed by atoms with E-state index in [0.29, 0.717) is 17.9 Å². The highest BCUT2D eigenvalue weighted by Gasteiger charge is 2.56. The molecule has 3 fully saturated rings. The maximum absolute atomic E-state index is 12.5. The summed E-state index contributed by atoms with van der Waals surface area (Å²) in [6, 6.07) is 11.2. The molecule has 0 radical (unpaired) electrons. The van der Waals surface area contributed by atoms with Crippen molar-refractivity contribution in [3.05, 3.63) is 35.9 Å². The lowest BCUT2D eigenvalue weighted by molar-refractivity contribution is -0.127. The average Bonchev–Trinajstić information content (AvgIpc) is 3.01. The van der Waals surface area contributed by atoms with Gasteiger partial charge in [0.2, 0.25) is 5.91 Å². The molecule has 2 heterocycles. The van der Waals surface area contributed by atoms with Crippen LogP contribution >= 0.6 is 0 Å². The van der Waals surface area contributed by atoms with Crippen molar-refractivity contribution in [3.63, 3.8) is 0 Å². The molecule has 1 aliphatic carbocycles. The molecular formula is C19H27N3O. The first kappa shape index (κ1) is 15.2. The molecule has 1 amide bonds. The fraction of sp³-hybridized carbons (Fsp3) is 0.632. The van der Waals surface area contributed by atoms with E-state index in [4.69, 9.17) is 0 Å². The quantitative estimate of drug-likeness (QED) is 0.919. The van der Waals surface area contributed by atoms with Crippen molar-refractivity contribution in [2.24, 2.45) is 11.8 Å². The number of benzene rings is 1. The van der Waals surface area contributed by atoms with E-state index in [9.17, 15) is 4.79 Å². The van der Waals surface area contributed by atoms with E-state index in [1.54, 1.807) is 0 Å². The van der Waals surface area contributed by atoms with Crippen LogP contribution in [0.2, 0.25) is 0 Å². The molecule has 23 heavy (non-hydrogen) atoms. The molecule has 0 bridgehead atoms. The molecule has 0 spiro atoms. The Labute approximate surface area is 138 Å². The van der Waals surface area contributed by atoms with E-state index in [1.165, 1.54) is 18.4 Å². The first-order chi connectivity index (χ1) is 11.2. The molecule has 3 aliphatic rings. The number of likely N-dealkylation sites (tertiary alicyclic amines) is 2. The number of hydrogen-bond acceptors (Lipinski definition) is 3. The minimum absolute atomic E-state index is 0.102. The smallest absolute Gasteiger partial charge is 0.237 e. The fourth-order valence-corrected chi connectivity index (χ4v) is 4.47. The van der Waals surface area contributed by atoms with Gasteiger partial charge in [-0.15, -0.1) is 0 Å². The van der Waals surface area contributed by atoms with Crippen molar-refractivity contribution in [1.82, 2.24) is 15.1 Å². The molecule has 2 saturated heterocycles. The summed E-state index contributed by atoms with van der Waals surface area (Å²) in [7, 11) is 2.08. The number of nitrogens with one attached hydrogen (secondary N) is 1. The summed E-state index contributed by atoms with van der Waals surface area (Å²) in [5, 5.41) is 3.33. The predicted octanol–water partition coefficient (Wildman–Crippen LogP) is 1.72. The Kier molecular flexibility index (Phi) is 4.12. The number of likely N-dealkylation sites (N-methyl/N-ethyl adjacent to an activating group) is 1. The van der Waals surface area contributed by atoms with Gasteiger partial charge in [0.25, 0.3) is 0 Å². The first-order valence-electron chi connectivity index (χ1n) is 8.99. The lowest BCUT2D eigenvalue weighted by Crippen LogP contribution is -2.49. The third kappa shape index (κ3) is 3.15. The van der Waals surface area contributed by atoms with Crippen LogP contribution in [0.15, 0.2) is 30.3 Å². The van der Waals surface area contributed by atoms with Crippen LogP contribution in [0.25, 0.3) is 0 Å². The summed E-state index contributed by atoms with van der Waals surface area (Å²) in [5.41, 5.74) is 1.39. The van der Waals surface area contributed by atoms with Crippen LogP contribution in [-0.4, -0.2) is 54.5 Å². The molecule has 4 heteroatoms. The van der Waals surface area contributed by atoms with E-state index >= 15 is 0 Å². The lowest BCUT2D eigenvalue weighted by atomic mass is 10.0. The second kappa shape index (κ2) is 6.25. The Balaban J connectivity index is 1.25. The van der Waals surface area contributed by atoms with Gasteiger partial charge >= 0.3 is 0 Å². The Hall–Kier alpha value is -1.39. The average molecular weight is 313 g/mol. The standard InChI is InChI=1S/C19H27N3O/c1-21-10-6-5-9-17(21)19(23)20-18-15-12-22(13-16(15)18)11-14-7-3-2-4-8-14/h2-4,7-8,15-18H,5-6,9-13H2,1H3,(H,20,23)/t15-,16+,17?,18?. The van der Waals surface area contributed by atoms with E-state index < -0.39 is 0 Å². The van der Waals surface area contributed by atoms with Gasteiger partial charge in [0.1, 0.15) is 0 Å². The Bertz CT molecular complexity index is 549. The van der Waals surface area contributed by atoms with Crippen molar-refractivity contribution in [1.29, 1.82) is 0 Å². The number of amides is 1. The second-order valence-corrected chi connectivity index (χ2v) is 7.53. The molecular weight excluding hydrogens is 286 g/mol. The summed E-state index contributed by atoms with van der Waals surface area (Å²) in [5.74, 6) is 1.62. The maximum atomic E-state index is 12.5. The van der Waals surface area contributed by atoms with Gasteiger partial charge in [0, 0.05) is 25.7 Å². The van der Waals surface area contributed by atoms with Crippen LogP contribution in [0.5, 0.6) is 0 Å². The van der Waals surface area contributed by atoms with Crippen molar-refractivity contribution < 1.29 is 4.79 Å². The minimum atomic E-state index is 0.102. The number of hydrogen-bond donors (Lipinski definition) is 1. The molecule has 0 aromatic heterocycles. The summed E-state index contributed by atoms with van der Waals surface area (Å²) in [6.07, 6.45) is 3.43. The molecule has 4 nitrogen and oxygen atoms in total. The number of carbonyl (C=O) groups is 1. The van der Waals surface area contributed by atoms with Crippen molar-refractivity contribution >= 4 is 5.91 Å². The molecule has 1 aromatic carbocycles. The van der Waals surface area contributed by atoms with Crippen LogP contribution in [-0.2, 0) is 11.3 Å². The summed E-state index contributed by atoms with van der Waals surface area (Å²) < 4.78 is 0. The van der Waals surface area contributed by atoms with E-state index in [2.05, 4.69) is 52.5 Å².